The molecule has 6 heteroatoms. The third-order valence-electron chi connectivity index (χ3n) is 7.85. The van der Waals surface area contributed by atoms with Crippen LogP contribution in [0.3, 0.4) is 0 Å². The third kappa shape index (κ3) is 5.38. The number of carbonyl (C=O) groups is 1. The van der Waals surface area contributed by atoms with Crippen LogP contribution in [0.1, 0.15) is 85.3 Å². The van der Waals surface area contributed by atoms with Crippen LogP contribution in [0.25, 0.3) is 0 Å². The molecule has 1 heterocycles. The fraction of sp³-hybridized carbons (Fsp3) is 0.692. The molecule has 0 aromatic heterocycles. The highest BCUT2D eigenvalue weighted by atomic mass is 28.4. The topological polar surface area (TPSA) is 41.9 Å². The predicted molar refractivity (Wildman–Crippen MR) is 144 cm³/mol. The second-order valence-electron chi connectivity index (χ2n) is 12.4. The van der Waals surface area contributed by atoms with Crippen molar-refractivity contribution in [3.63, 3.8) is 0 Å². The summed E-state index contributed by atoms with van der Waals surface area (Å²) in [5.41, 5.74) is 3.73. The van der Waals surface area contributed by atoms with E-state index in [0.717, 1.165) is 17.7 Å². The van der Waals surface area contributed by atoms with Gasteiger partial charge in [0.05, 0.1) is 0 Å². The maximum Gasteiger partial charge on any atom is 0.286 e. The molecule has 0 unspecified atom stereocenters. The van der Waals surface area contributed by atoms with Gasteiger partial charge in [0.15, 0.2) is 13.9 Å². The van der Waals surface area contributed by atoms with E-state index in [1.54, 1.807) is 0 Å². The molecular formula is C26H46N2O2Si2. The summed E-state index contributed by atoms with van der Waals surface area (Å²) in [4.78, 5) is 13.8. The fourth-order valence-electron chi connectivity index (χ4n) is 3.49. The van der Waals surface area contributed by atoms with Crippen molar-refractivity contribution < 1.29 is 9.32 Å². The van der Waals surface area contributed by atoms with E-state index >= 15 is 0 Å². The Hall–Kier alpha value is -1.41. The van der Waals surface area contributed by atoms with E-state index in [1.807, 2.05) is 0 Å². The summed E-state index contributed by atoms with van der Waals surface area (Å²) in [6, 6.07) is 6.55. The smallest absolute Gasteiger partial charge is 0.286 e. The lowest BCUT2D eigenvalue weighted by Crippen LogP contribution is -2.57. The molecule has 0 spiro atoms. The quantitative estimate of drug-likeness (QED) is 0.218. The number of nitrogens with zero attached hydrogens (tertiary/aromatic N) is 2. The van der Waals surface area contributed by atoms with Crippen molar-refractivity contribution in [1.82, 2.24) is 0 Å². The first kappa shape index (κ1) is 26.8. The summed E-state index contributed by atoms with van der Waals surface area (Å²) in [7, 11) is -4.25. The Balaban J connectivity index is 2.52. The Kier molecular flexibility index (Phi) is 7.93. The molecule has 0 atom stereocenters. The molecule has 1 aromatic rings. The van der Waals surface area contributed by atoms with Crippen molar-refractivity contribution in [2.75, 3.05) is 4.57 Å². The Morgan fingerprint density at radius 3 is 2.09 bits per heavy atom. The first-order valence-electron chi connectivity index (χ1n) is 12.3. The SMILES string of the molecule is CCCCCCc1ccc2c(c1)/C(=N/O[Si](C)(C)C(C)(C)C)C(=O)N2[Si](C)(C)C(C)(C)C. The molecule has 1 aliphatic rings. The molecule has 0 radical (unpaired) electrons. The van der Waals surface area contributed by atoms with Gasteiger partial charge in [-0.05, 0) is 53.7 Å². The zero-order valence-corrected chi connectivity index (χ0v) is 24.5. The summed E-state index contributed by atoms with van der Waals surface area (Å²) < 4.78 is 8.28. The standard InChI is InChI=1S/C26H46N2O2Si2/c1-12-13-14-15-16-20-17-18-22-21(19-20)23(27-30-32(10,11)26(5,6)7)24(29)28(22)31(8,9)25(2,3)4/h17-19H,12-16H2,1-11H3/b27-23-. The van der Waals surface area contributed by atoms with Crippen molar-refractivity contribution in [2.45, 2.75) is 117 Å². The number of anilines is 1. The van der Waals surface area contributed by atoms with Gasteiger partial charge in [-0.15, -0.1) is 0 Å². The van der Waals surface area contributed by atoms with Gasteiger partial charge in [-0.2, -0.15) is 0 Å². The highest BCUT2D eigenvalue weighted by molar-refractivity contribution is 6.90. The number of unbranched alkanes of at least 4 members (excludes halogenated alkanes) is 3. The van der Waals surface area contributed by atoms with Gasteiger partial charge in [-0.1, -0.05) is 92.0 Å². The first-order valence-corrected chi connectivity index (χ1v) is 18.1. The molecule has 0 N–H and O–H groups in total. The van der Waals surface area contributed by atoms with E-state index in [2.05, 4.69) is 103 Å². The summed E-state index contributed by atoms with van der Waals surface area (Å²) in [6.07, 6.45) is 5.98. The molecule has 4 nitrogen and oxygen atoms in total. The number of oxime groups is 1. The molecule has 1 aliphatic heterocycles. The maximum absolute atomic E-state index is 13.8. The highest BCUT2D eigenvalue weighted by Gasteiger charge is 2.50. The van der Waals surface area contributed by atoms with Crippen LogP contribution in [0, 0.1) is 0 Å². The van der Waals surface area contributed by atoms with Gasteiger partial charge < -0.3 is 9.09 Å². The van der Waals surface area contributed by atoms with E-state index in [0.29, 0.717) is 5.71 Å². The maximum atomic E-state index is 13.8. The van der Waals surface area contributed by atoms with Crippen molar-refractivity contribution >= 4 is 33.9 Å². The summed E-state index contributed by atoms with van der Waals surface area (Å²) >= 11 is 0. The van der Waals surface area contributed by atoms with Crippen molar-refractivity contribution in [3.05, 3.63) is 29.3 Å². The van der Waals surface area contributed by atoms with E-state index < -0.39 is 16.6 Å². The van der Waals surface area contributed by atoms with Gasteiger partial charge in [0.2, 0.25) is 0 Å². The summed E-state index contributed by atoms with van der Waals surface area (Å²) in [5.74, 6) is 0.00781. The lowest BCUT2D eigenvalue weighted by atomic mass is 10.0. The van der Waals surface area contributed by atoms with Crippen LogP contribution in [0.2, 0.25) is 36.3 Å². The molecule has 0 bridgehead atoms. The molecule has 1 aromatic carbocycles. The fourth-order valence-corrected chi connectivity index (χ4v) is 6.16. The van der Waals surface area contributed by atoms with Crippen molar-refractivity contribution in [3.8, 4) is 0 Å². The second kappa shape index (κ2) is 9.45. The lowest BCUT2D eigenvalue weighted by molar-refractivity contribution is -0.111. The van der Waals surface area contributed by atoms with Crippen LogP contribution in [0.5, 0.6) is 0 Å². The Morgan fingerprint density at radius 2 is 1.56 bits per heavy atom. The zero-order chi connectivity index (χ0) is 24.5. The number of rotatable bonds is 8. The third-order valence-corrected chi connectivity index (χ3v) is 17.2. The molecule has 0 aliphatic carbocycles. The average molecular weight is 475 g/mol. The number of hydrogen-bond acceptors (Lipinski definition) is 3. The number of amides is 1. The molecule has 1 amide bonds. The van der Waals surface area contributed by atoms with Gasteiger partial charge in [0, 0.05) is 11.3 Å². The molecule has 180 valence electrons. The van der Waals surface area contributed by atoms with Gasteiger partial charge in [-0.25, -0.2) is 0 Å². The Bertz CT molecular complexity index is 862. The van der Waals surface area contributed by atoms with Gasteiger partial charge in [0.1, 0.15) is 0 Å². The molecule has 0 fully saturated rings. The molecule has 2 rings (SSSR count). The summed E-state index contributed by atoms with van der Waals surface area (Å²) in [6.45, 7) is 24.5. The second-order valence-corrected chi connectivity index (χ2v) is 22.2. The minimum Gasteiger partial charge on any atom is -0.454 e. The monoisotopic (exact) mass is 474 g/mol. The van der Waals surface area contributed by atoms with Crippen LogP contribution in [-0.4, -0.2) is 28.2 Å². The first-order chi connectivity index (χ1) is 14.5. The van der Waals surface area contributed by atoms with Crippen molar-refractivity contribution in [1.29, 1.82) is 0 Å². The van der Waals surface area contributed by atoms with Gasteiger partial charge >= 0.3 is 0 Å². The van der Waals surface area contributed by atoms with E-state index in [9.17, 15) is 4.79 Å². The Labute approximate surface area is 199 Å². The largest absolute Gasteiger partial charge is 0.454 e. The van der Waals surface area contributed by atoms with Crippen LogP contribution < -0.4 is 4.57 Å². The molecule has 32 heavy (non-hydrogen) atoms. The number of aryl methyl sites for hydroxylation is 1. The highest BCUT2D eigenvalue weighted by Crippen LogP contribution is 2.45. The Morgan fingerprint density at radius 1 is 0.938 bits per heavy atom. The van der Waals surface area contributed by atoms with E-state index in [4.69, 9.17) is 4.53 Å². The van der Waals surface area contributed by atoms with Gasteiger partial charge in [-0.3, -0.25) is 4.79 Å². The molecule has 0 saturated carbocycles. The zero-order valence-electron chi connectivity index (χ0n) is 22.5. The lowest BCUT2D eigenvalue weighted by Gasteiger charge is -2.43. The predicted octanol–water partition coefficient (Wildman–Crippen LogP) is 7.89. The molecule has 0 saturated heterocycles. The number of carbonyl (C=O) groups excluding carboxylic acids is 1. The number of hydrogen-bond donors (Lipinski definition) is 0. The van der Waals surface area contributed by atoms with Crippen LogP contribution in [0.4, 0.5) is 5.69 Å². The van der Waals surface area contributed by atoms with E-state index in [1.165, 1.54) is 31.2 Å². The van der Waals surface area contributed by atoms with Crippen LogP contribution in [-0.2, 0) is 15.7 Å². The van der Waals surface area contributed by atoms with Crippen LogP contribution >= 0.6 is 0 Å². The van der Waals surface area contributed by atoms with Crippen molar-refractivity contribution in [2.24, 2.45) is 5.16 Å². The van der Waals surface area contributed by atoms with Gasteiger partial charge in [0.25, 0.3) is 14.2 Å². The number of fused-ring (bicyclic) bond motifs is 1. The van der Waals surface area contributed by atoms with Crippen LogP contribution in [0.15, 0.2) is 23.4 Å². The normalized spacial score (nSPS) is 16.7. The average Bonchev–Trinajstić information content (AvgIpc) is 2.93. The molecular weight excluding hydrogens is 428 g/mol. The number of benzene rings is 1. The summed E-state index contributed by atoms with van der Waals surface area (Å²) in [5, 5.41) is 4.66. The van der Waals surface area contributed by atoms with E-state index in [-0.39, 0.29) is 16.0 Å². The minimum atomic E-state index is -2.13. The minimum absolute atomic E-state index is 0.00781.